The highest BCUT2D eigenvalue weighted by Gasteiger charge is 2.29. The lowest BCUT2D eigenvalue weighted by Crippen LogP contribution is -2.23. The van der Waals surface area contributed by atoms with Crippen LogP contribution >= 0.6 is 15.9 Å². The topological polar surface area (TPSA) is 59.3 Å². The van der Waals surface area contributed by atoms with E-state index >= 15 is 0 Å². The maximum Gasteiger partial charge on any atom is 0.312 e. The summed E-state index contributed by atoms with van der Waals surface area (Å²) in [6.45, 7) is 0.698. The molecule has 0 radical (unpaired) electrons. The molecule has 4 nitrogen and oxygen atoms in total. The number of aromatic nitrogens is 1. The molecule has 3 rings (SSSR count). The molecule has 0 saturated carbocycles. The number of rotatable bonds is 3. The van der Waals surface area contributed by atoms with Gasteiger partial charge in [-0.1, -0.05) is 15.9 Å². The van der Waals surface area contributed by atoms with Gasteiger partial charge in [0.2, 0.25) is 5.78 Å². The first-order valence-electron chi connectivity index (χ1n) is 6.80. The van der Waals surface area contributed by atoms with E-state index in [1.165, 1.54) is 0 Å². The van der Waals surface area contributed by atoms with Crippen LogP contribution in [0.2, 0.25) is 0 Å². The maximum atomic E-state index is 12.6. The van der Waals surface area contributed by atoms with Gasteiger partial charge in [0, 0.05) is 22.3 Å². The molecule has 0 saturated heterocycles. The Morgan fingerprint density at radius 3 is 2.52 bits per heavy atom. The number of benzene rings is 1. The fourth-order valence-electron chi connectivity index (χ4n) is 2.84. The van der Waals surface area contributed by atoms with Gasteiger partial charge in [-0.05, 0) is 49.2 Å². The van der Waals surface area contributed by atoms with Gasteiger partial charge in [0.15, 0.2) is 0 Å². The Kier molecular flexibility index (Phi) is 3.68. The lowest BCUT2D eigenvalue weighted by atomic mass is 9.96. The molecule has 1 aromatic carbocycles. The SMILES string of the molecule is O=C(c1ccc(Br)cc1)c1ccc2n1CCCC2C(=O)O. The van der Waals surface area contributed by atoms with Gasteiger partial charge in [-0.2, -0.15) is 0 Å². The molecule has 21 heavy (non-hydrogen) atoms. The van der Waals surface area contributed by atoms with Crippen LogP contribution in [0, 0.1) is 0 Å². The van der Waals surface area contributed by atoms with Crippen LogP contribution in [0.25, 0.3) is 0 Å². The molecule has 0 bridgehead atoms. The summed E-state index contributed by atoms with van der Waals surface area (Å²) in [5, 5.41) is 9.28. The Morgan fingerprint density at radius 2 is 1.86 bits per heavy atom. The van der Waals surface area contributed by atoms with Crippen molar-refractivity contribution < 1.29 is 14.7 Å². The molecule has 1 aliphatic heterocycles. The zero-order valence-corrected chi connectivity index (χ0v) is 12.8. The molecule has 0 aliphatic carbocycles. The predicted molar refractivity (Wildman–Crippen MR) is 81.6 cm³/mol. The van der Waals surface area contributed by atoms with Crippen LogP contribution in [0.5, 0.6) is 0 Å². The van der Waals surface area contributed by atoms with Crippen molar-refractivity contribution in [3.8, 4) is 0 Å². The van der Waals surface area contributed by atoms with Crippen molar-refractivity contribution >= 4 is 27.7 Å². The average molecular weight is 348 g/mol. The number of halogens is 1. The molecule has 1 aromatic heterocycles. The average Bonchev–Trinajstić information content (AvgIpc) is 2.90. The monoisotopic (exact) mass is 347 g/mol. The Labute approximate surface area is 130 Å². The molecule has 0 spiro atoms. The van der Waals surface area contributed by atoms with Gasteiger partial charge in [-0.3, -0.25) is 9.59 Å². The Morgan fingerprint density at radius 1 is 1.14 bits per heavy atom. The van der Waals surface area contributed by atoms with Crippen LogP contribution in [0.3, 0.4) is 0 Å². The lowest BCUT2D eigenvalue weighted by Gasteiger charge is -2.23. The fraction of sp³-hybridized carbons (Fsp3) is 0.250. The van der Waals surface area contributed by atoms with E-state index in [4.69, 9.17) is 0 Å². The van der Waals surface area contributed by atoms with E-state index in [-0.39, 0.29) is 5.78 Å². The molecule has 2 heterocycles. The van der Waals surface area contributed by atoms with E-state index in [2.05, 4.69) is 15.9 Å². The van der Waals surface area contributed by atoms with Gasteiger partial charge in [0.05, 0.1) is 11.6 Å². The van der Waals surface area contributed by atoms with Crippen molar-refractivity contribution in [3.05, 3.63) is 57.8 Å². The Hall–Kier alpha value is -1.88. The Bertz CT molecular complexity index is 703. The molecule has 1 aliphatic rings. The highest BCUT2D eigenvalue weighted by molar-refractivity contribution is 9.10. The van der Waals surface area contributed by atoms with Crippen LogP contribution in [-0.4, -0.2) is 21.4 Å². The number of carboxylic acids is 1. The number of hydrogen-bond acceptors (Lipinski definition) is 2. The van der Waals surface area contributed by atoms with Gasteiger partial charge in [-0.25, -0.2) is 0 Å². The number of hydrogen-bond donors (Lipinski definition) is 1. The second kappa shape index (κ2) is 5.48. The van der Waals surface area contributed by atoms with E-state index in [0.717, 1.165) is 16.6 Å². The first kappa shape index (κ1) is 14.1. The van der Waals surface area contributed by atoms with Gasteiger partial charge >= 0.3 is 5.97 Å². The number of aliphatic carboxylic acids is 1. The van der Waals surface area contributed by atoms with Crippen LogP contribution in [0.4, 0.5) is 0 Å². The summed E-state index contributed by atoms with van der Waals surface area (Å²) < 4.78 is 2.77. The zero-order valence-electron chi connectivity index (χ0n) is 11.3. The van der Waals surface area contributed by atoms with Crippen LogP contribution in [0.1, 0.15) is 40.5 Å². The molecule has 1 atom stereocenters. The number of carbonyl (C=O) groups is 2. The quantitative estimate of drug-likeness (QED) is 0.865. The summed E-state index contributed by atoms with van der Waals surface area (Å²) in [5.41, 5.74) is 1.91. The lowest BCUT2D eigenvalue weighted by molar-refractivity contribution is -0.139. The van der Waals surface area contributed by atoms with E-state index < -0.39 is 11.9 Å². The van der Waals surface area contributed by atoms with Crippen molar-refractivity contribution in [2.24, 2.45) is 0 Å². The number of nitrogens with zero attached hydrogens (tertiary/aromatic N) is 1. The standard InChI is InChI=1S/C16H14BrNO3/c17-11-5-3-10(4-6-11)15(19)14-8-7-13-12(16(20)21)2-1-9-18(13)14/h3-8,12H,1-2,9H2,(H,20,21). The zero-order chi connectivity index (χ0) is 15.0. The van der Waals surface area contributed by atoms with Gasteiger partial charge in [0.1, 0.15) is 0 Å². The van der Waals surface area contributed by atoms with E-state index in [9.17, 15) is 14.7 Å². The van der Waals surface area contributed by atoms with Crippen LogP contribution in [0.15, 0.2) is 40.9 Å². The first-order valence-corrected chi connectivity index (χ1v) is 7.59. The fourth-order valence-corrected chi connectivity index (χ4v) is 3.10. The molecule has 5 heteroatoms. The van der Waals surface area contributed by atoms with Gasteiger partial charge in [0.25, 0.3) is 0 Å². The molecular formula is C16H14BrNO3. The first-order chi connectivity index (χ1) is 10.1. The highest BCUT2D eigenvalue weighted by atomic mass is 79.9. The number of carboxylic acid groups (broad SMARTS) is 1. The summed E-state index contributed by atoms with van der Waals surface area (Å²) >= 11 is 3.35. The molecule has 108 valence electrons. The Balaban J connectivity index is 1.99. The normalized spacial score (nSPS) is 17.3. The summed E-state index contributed by atoms with van der Waals surface area (Å²) in [4.78, 5) is 23.9. The van der Waals surface area contributed by atoms with Crippen molar-refractivity contribution in [1.29, 1.82) is 0 Å². The minimum atomic E-state index is -0.823. The third kappa shape index (κ3) is 2.53. The van der Waals surface area contributed by atoms with E-state index in [0.29, 0.717) is 24.2 Å². The third-order valence-electron chi connectivity index (χ3n) is 3.88. The summed E-state index contributed by atoms with van der Waals surface area (Å²) in [6.07, 6.45) is 1.41. The maximum absolute atomic E-state index is 12.6. The van der Waals surface area contributed by atoms with Crippen molar-refractivity contribution in [2.75, 3.05) is 0 Å². The van der Waals surface area contributed by atoms with Gasteiger partial charge in [-0.15, -0.1) is 0 Å². The second-order valence-corrected chi connectivity index (χ2v) is 6.08. The van der Waals surface area contributed by atoms with Crippen molar-refractivity contribution in [1.82, 2.24) is 4.57 Å². The summed E-state index contributed by atoms with van der Waals surface area (Å²) in [7, 11) is 0. The minimum Gasteiger partial charge on any atom is -0.481 e. The minimum absolute atomic E-state index is 0.0696. The van der Waals surface area contributed by atoms with Gasteiger partial charge < -0.3 is 9.67 Å². The number of fused-ring (bicyclic) bond motifs is 1. The molecule has 1 N–H and O–H groups in total. The molecule has 0 amide bonds. The summed E-state index contributed by atoms with van der Waals surface area (Å²) in [5.74, 6) is -1.40. The largest absolute Gasteiger partial charge is 0.481 e. The highest BCUT2D eigenvalue weighted by Crippen LogP contribution is 2.30. The number of carbonyl (C=O) groups excluding carboxylic acids is 1. The molecular weight excluding hydrogens is 334 g/mol. The van der Waals surface area contributed by atoms with Crippen LogP contribution < -0.4 is 0 Å². The van der Waals surface area contributed by atoms with E-state index in [1.807, 2.05) is 16.7 Å². The smallest absolute Gasteiger partial charge is 0.312 e. The molecule has 0 fully saturated rings. The second-order valence-electron chi connectivity index (χ2n) is 5.16. The van der Waals surface area contributed by atoms with E-state index in [1.54, 1.807) is 24.3 Å². The molecule has 1 unspecified atom stereocenters. The predicted octanol–water partition coefficient (Wildman–Crippen LogP) is 3.44. The summed E-state index contributed by atoms with van der Waals surface area (Å²) in [6, 6.07) is 10.7. The number of ketones is 1. The van der Waals surface area contributed by atoms with Crippen molar-refractivity contribution in [3.63, 3.8) is 0 Å². The third-order valence-corrected chi connectivity index (χ3v) is 4.41. The van der Waals surface area contributed by atoms with Crippen molar-refractivity contribution in [2.45, 2.75) is 25.3 Å². The van der Waals surface area contributed by atoms with Crippen LogP contribution in [-0.2, 0) is 11.3 Å². The molecule has 2 aromatic rings.